The number of hydrogen-bond acceptors (Lipinski definition) is 5. The maximum Gasteiger partial charge on any atom is 0.228 e. The molecule has 164 valence electrons. The van der Waals surface area contributed by atoms with Gasteiger partial charge in [0, 0.05) is 26.6 Å². The van der Waals surface area contributed by atoms with Crippen molar-refractivity contribution in [1.82, 2.24) is 14.9 Å². The molecule has 0 radical (unpaired) electrons. The molecular formula is C25H27N5O2. The minimum absolute atomic E-state index is 0.0134. The van der Waals surface area contributed by atoms with Gasteiger partial charge in [-0.3, -0.25) is 9.59 Å². The van der Waals surface area contributed by atoms with Crippen molar-refractivity contribution in [2.24, 2.45) is 0 Å². The zero-order valence-electron chi connectivity index (χ0n) is 18.3. The van der Waals surface area contributed by atoms with Crippen LogP contribution in [-0.2, 0) is 16.0 Å². The Hall–Kier alpha value is -3.48. The molecule has 3 heterocycles. The van der Waals surface area contributed by atoms with Gasteiger partial charge in [-0.25, -0.2) is 9.97 Å². The van der Waals surface area contributed by atoms with Crippen molar-refractivity contribution < 1.29 is 9.59 Å². The van der Waals surface area contributed by atoms with E-state index in [4.69, 9.17) is 9.97 Å². The Labute approximate surface area is 187 Å². The molecule has 1 saturated heterocycles. The summed E-state index contributed by atoms with van der Waals surface area (Å²) in [6.07, 6.45) is 3.20. The number of fused-ring (bicyclic) bond motifs is 2. The smallest absolute Gasteiger partial charge is 0.228 e. The minimum Gasteiger partial charge on any atom is -0.354 e. The second-order valence-electron chi connectivity index (χ2n) is 8.51. The first-order chi connectivity index (χ1) is 15.6. The lowest BCUT2D eigenvalue weighted by molar-refractivity contribution is -0.132. The summed E-state index contributed by atoms with van der Waals surface area (Å²) in [5.41, 5.74) is 3.81. The third-order valence-electron chi connectivity index (χ3n) is 6.41. The summed E-state index contributed by atoms with van der Waals surface area (Å²) in [5, 5.41) is 3.02. The Morgan fingerprint density at radius 1 is 0.969 bits per heavy atom. The maximum atomic E-state index is 13.2. The van der Waals surface area contributed by atoms with E-state index in [9.17, 15) is 9.59 Å². The van der Waals surface area contributed by atoms with E-state index in [0.717, 1.165) is 54.8 Å². The molecule has 2 aliphatic rings. The molecule has 7 nitrogen and oxygen atoms in total. The third-order valence-corrected chi connectivity index (χ3v) is 6.41. The molecule has 0 saturated carbocycles. The Morgan fingerprint density at radius 2 is 1.66 bits per heavy atom. The van der Waals surface area contributed by atoms with E-state index in [2.05, 4.69) is 16.3 Å². The second kappa shape index (κ2) is 8.57. The quantitative estimate of drug-likeness (QED) is 0.684. The van der Waals surface area contributed by atoms with Crippen molar-refractivity contribution in [1.29, 1.82) is 0 Å². The van der Waals surface area contributed by atoms with Crippen molar-refractivity contribution in [3.05, 3.63) is 59.7 Å². The van der Waals surface area contributed by atoms with Gasteiger partial charge in [0.05, 0.1) is 23.5 Å². The number of nitrogens with zero attached hydrogens (tertiary/aromatic N) is 4. The van der Waals surface area contributed by atoms with Gasteiger partial charge in [0.1, 0.15) is 0 Å². The van der Waals surface area contributed by atoms with E-state index in [1.165, 1.54) is 5.56 Å². The van der Waals surface area contributed by atoms with E-state index in [1.807, 2.05) is 42.5 Å². The molecule has 1 aromatic heterocycles. The van der Waals surface area contributed by atoms with Crippen LogP contribution in [0.15, 0.2) is 48.5 Å². The van der Waals surface area contributed by atoms with Gasteiger partial charge in [-0.15, -0.1) is 0 Å². The van der Waals surface area contributed by atoms with Gasteiger partial charge in [-0.05, 0) is 42.5 Å². The van der Waals surface area contributed by atoms with Gasteiger partial charge in [-0.1, -0.05) is 36.4 Å². The van der Waals surface area contributed by atoms with Crippen molar-refractivity contribution in [2.45, 2.75) is 38.6 Å². The zero-order valence-corrected chi connectivity index (χ0v) is 18.3. The first-order valence-electron chi connectivity index (χ1n) is 11.3. The first-order valence-corrected chi connectivity index (χ1v) is 11.3. The molecule has 32 heavy (non-hydrogen) atoms. The number of para-hydroxylation sites is 2. The van der Waals surface area contributed by atoms with Crippen molar-refractivity contribution >= 4 is 34.5 Å². The molecule has 7 heteroatoms. The van der Waals surface area contributed by atoms with Crippen LogP contribution < -0.4 is 10.2 Å². The number of carbonyl (C=O) groups excluding carboxylic acids is 2. The summed E-state index contributed by atoms with van der Waals surface area (Å²) < 4.78 is 0. The van der Waals surface area contributed by atoms with Crippen LogP contribution in [0.5, 0.6) is 0 Å². The molecule has 3 aromatic rings. The van der Waals surface area contributed by atoms with E-state index in [1.54, 1.807) is 11.8 Å². The summed E-state index contributed by atoms with van der Waals surface area (Å²) in [4.78, 5) is 39.1. The molecule has 1 N–H and O–H groups in total. The van der Waals surface area contributed by atoms with Gasteiger partial charge in [0.25, 0.3) is 0 Å². The molecule has 2 amide bonds. The van der Waals surface area contributed by atoms with Crippen molar-refractivity contribution in [2.75, 3.05) is 29.9 Å². The highest BCUT2D eigenvalue weighted by Gasteiger charge is 2.31. The zero-order chi connectivity index (χ0) is 22.1. The highest BCUT2D eigenvalue weighted by molar-refractivity contribution is 5.95. The molecule has 0 spiro atoms. The first kappa shape index (κ1) is 20.4. The van der Waals surface area contributed by atoms with Crippen LogP contribution in [0.2, 0.25) is 0 Å². The second-order valence-corrected chi connectivity index (χ2v) is 8.51. The lowest BCUT2D eigenvalue weighted by atomic mass is 9.90. The van der Waals surface area contributed by atoms with E-state index < -0.39 is 0 Å². The number of nitrogens with one attached hydrogen (secondary N) is 1. The summed E-state index contributed by atoms with van der Waals surface area (Å²) in [7, 11) is 0. The van der Waals surface area contributed by atoms with Crippen LogP contribution in [0, 0.1) is 0 Å². The van der Waals surface area contributed by atoms with Crippen molar-refractivity contribution in [3.8, 4) is 0 Å². The molecule has 1 fully saturated rings. The normalized spacial score (nSPS) is 18.0. The highest BCUT2D eigenvalue weighted by atomic mass is 16.2. The fourth-order valence-electron chi connectivity index (χ4n) is 4.83. The van der Waals surface area contributed by atoms with E-state index in [-0.39, 0.29) is 24.3 Å². The molecule has 5 rings (SSSR count). The highest BCUT2D eigenvalue weighted by Crippen LogP contribution is 2.33. The number of aromatic nitrogens is 2. The molecule has 2 aromatic carbocycles. The van der Waals surface area contributed by atoms with Gasteiger partial charge in [0.15, 0.2) is 11.6 Å². The molecule has 2 aliphatic heterocycles. The maximum absolute atomic E-state index is 13.2. The molecule has 0 bridgehead atoms. The average molecular weight is 430 g/mol. The SMILES string of the molecule is CC(=O)N1CCc2ccccc2C1CC(=O)Nc1nc2ccccc2nc1N1CCCC1. The topological polar surface area (TPSA) is 78.4 Å². The number of rotatable bonds is 4. The monoisotopic (exact) mass is 429 g/mol. The van der Waals surface area contributed by atoms with Gasteiger partial charge in [0.2, 0.25) is 11.8 Å². The summed E-state index contributed by atoms with van der Waals surface area (Å²) in [5.74, 6) is 1.04. The number of anilines is 2. The van der Waals surface area contributed by atoms with Crippen LogP contribution in [0.4, 0.5) is 11.6 Å². The van der Waals surface area contributed by atoms with Crippen LogP contribution in [0.25, 0.3) is 11.0 Å². The third kappa shape index (κ3) is 3.90. The standard InChI is InChI=1S/C25H27N5O2/c1-17(31)30-15-12-18-8-2-3-9-19(18)22(30)16-23(32)28-24-25(29-13-6-7-14-29)27-21-11-5-4-10-20(21)26-24/h2-5,8-11,22H,6-7,12-16H2,1H3,(H,26,28,32). The van der Waals surface area contributed by atoms with Crippen molar-refractivity contribution in [3.63, 3.8) is 0 Å². The number of benzene rings is 2. The Kier molecular flexibility index (Phi) is 5.47. The fraction of sp³-hybridized carbons (Fsp3) is 0.360. The molecular weight excluding hydrogens is 402 g/mol. The van der Waals surface area contributed by atoms with Gasteiger partial charge in [-0.2, -0.15) is 0 Å². The number of hydrogen-bond donors (Lipinski definition) is 1. The lowest BCUT2D eigenvalue weighted by Gasteiger charge is -2.36. The van der Waals surface area contributed by atoms with E-state index >= 15 is 0 Å². The van der Waals surface area contributed by atoms with Crippen LogP contribution in [-0.4, -0.2) is 46.3 Å². The van der Waals surface area contributed by atoms with Gasteiger partial charge >= 0.3 is 0 Å². The summed E-state index contributed by atoms with van der Waals surface area (Å²) >= 11 is 0. The van der Waals surface area contributed by atoms with E-state index in [0.29, 0.717) is 12.4 Å². The molecule has 1 unspecified atom stereocenters. The fourth-order valence-corrected chi connectivity index (χ4v) is 4.83. The van der Waals surface area contributed by atoms with Crippen LogP contribution in [0.1, 0.15) is 43.4 Å². The van der Waals surface area contributed by atoms with Crippen LogP contribution >= 0.6 is 0 Å². The molecule has 0 aliphatic carbocycles. The Balaban J connectivity index is 1.44. The van der Waals surface area contributed by atoms with Gasteiger partial charge < -0.3 is 15.1 Å². The predicted octanol–water partition coefficient (Wildman–Crippen LogP) is 3.70. The lowest BCUT2D eigenvalue weighted by Crippen LogP contribution is -2.40. The predicted molar refractivity (Wildman–Crippen MR) is 125 cm³/mol. The number of carbonyl (C=O) groups is 2. The minimum atomic E-state index is -0.277. The van der Waals surface area contributed by atoms with Crippen LogP contribution in [0.3, 0.4) is 0 Å². The largest absolute Gasteiger partial charge is 0.354 e. The summed E-state index contributed by atoms with van der Waals surface area (Å²) in [6, 6.07) is 15.5. The average Bonchev–Trinajstić information content (AvgIpc) is 3.33. The number of amides is 2. The Morgan fingerprint density at radius 3 is 2.41 bits per heavy atom. The summed E-state index contributed by atoms with van der Waals surface area (Å²) in [6.45, 7) is 4.01. The Bertz CT molecular complexity index is 1170. The molecule has 1 atom stereocenters.